The highest BCUT2D eigenvalue weighted by molar-refractivity contribution is 5.28. The van der Waals surface area contributed by atoms with E-state index in [9.17, 15) is 18.3 Å². The van der Waals surface area contributed by atoms with Crippen LogP contribution in [0.5, 0.6) is 0 Å². The van der Waals surface area contributed by atoms with Gasteiger partial charge in [-0.15, -0.1) is 0 Å². The molecule has 0 amide bonds. The van der Waals surface area contributed by atoms with Crippen LogP contribution in [0, 0.1) is 17.5 Å². The van der Waals surface area contributed by atoms with Crippen molar-refractivity contribution in [1.29, 1.82) is 0 Å². The molecule has 0 saturated heterocycles. The zero-order valence-electron chi connectivity index (χ0n) is 10.6. The average molecular weight is 281 g/mol. The molecule has 0 radical (unpaired) electrons. The summed E-state index contributed by atoms with van der Waals surface area (Å²) in [5.41, 5.74) is 6.30. The predicted octanol–water partition coefficient (Wildman–Crippen LogP) is 2.88. The van der Waals surface area contributed by atoms with E-state index in [0.717, 1.165) is 18.2 Å². The highest BCUT2D eigenvalue weighted by Gasteiger charge is 2.22. The van der Waals surface area contributed by atoms with Crippen molar-refractivity contribution in [3.8, 4) is 0 Å². The molecule has 0 heterocycles. The molecule has 0 aromatic heterocycles. The van der Waals surface area contributed by atoms with Crippen molar-refractivity contribution >= 4 is 0 Å². The van der Waals surface area contributed by atoms with Crippen LogP contribution in [0.25, 0.3) is 0 Å². The number of aliphatic hydroxyl groups excluding tert-OH is 1. The van der Waals surface area contributed by atoms with Gasteiger partial charge in [0.2, 0.25) is 0 Å². The molecule has 0 bridgehead atoms. The molecule has 2 aromatic rings. The van der Waals surface area contributed by atoms with Crippen LogP contribution in [0.15, 0.2) is 42.5 Å². The van der Waals surface area contributed by atoms with E-state index in [4.69, 9.17) is 5.73 Å². The Labute approximate surface area is 114 Å². The van der Waals surface area contributed by atoms with Gasteiger partial charge in [0.15, 0.2) is 0 Å². The molecule has 0 fully saturated rings. The zero-order chi connectivity index (χ0) is 14.7. The lowest BCUT2D eigenvalue weighted by atomic mass is 9.89. The van der Waals surface area contributed by atoms with Crippen molar-refractivity contribution < 1.29 is 18.3 Å². The van der Waals surface area contributed by atoms with Gasteiger partial charge in [-0.05, 0) is 35.4 Å². The number of rotatable bonds is 4. The molecular formula is C15H14F3NO. The SMILES string of the molecule is NCC(c1cc(F)cc(F)c1)C(O)c1ccc(F)cc1. The van der Waals surface area contributed by atoms with E-state index >= 15 is 0 Å². The second kappa shape index (κ2) is 6.07. The number of nitrogens with two attached hydrogens (primary N) is 1. The molecule has 0 spiro atoms. The summed E-state index contributed by atoms with van der Waals surface area (Å²) < 4.78 is 39.3. The standard InChI is InChI=1S/C15H14F3NO/c16-11-3-1-9(2-4-11)15(20)14(8-19)10-5-12(17)7-13(18)6-10/h1-7,14-15,20H,8,19H2. The third-order valence-corrected chi connectivity index (χ3v) is 3.16. The molecule has 0 aliphatic rings. The highest BCUT2D eigenvalue weighted by atomic mass is 19.1. The van der Waals surface area contributed by atoms with Crippen molar-refractivity contribution in [2.24, 2.45) is 5.73 Å². The first-order valence-corrected chi connectivity index (χ1v) is 6.11. The molecule has 20 heavy (non-hydrogen) atoms. The van der Waals surface area contributed by atoms with E-state index < -0.39 is 29.5 Å². The van der Waals surface area contributed by atoms with Crippen LogP contribution in [0.4, 0.5) is 13.2 Å². The second-order valence-electron chi connectivity index (χ2n) is 4.54. The van der Waals surface area contributed by atoms with E-state index in [0.29, 0.717) is 5.56 Å². The molecule has 2 aromatic carbocycles. The molecule has 2 unspecified atom stereocenters. The van der Waals surface area contributed by atoms with Crippen LogP contribution in [-0.4, -0.2) is 11.7 Å². The maximum Gasteiger partial charge on any atom is 0.126 e. The Morgan fingerprint density at radius 3 is 1.90 bits per heavy atom. The number of hydrogen-bond acceptors (Lipinski definition) is 2. The van der Waals surface area contributed by atoms with Gasteiger partial charge < -0.3 is 10.8 Å². The molecule has 2 atom stereocenters. The Bertz CT molecular complexity index is 566. The Kier molecular flexibility index (Phi) is 4.42. The summed E-state index contributed by atoms with van der Waals surface area (Å²) >= 11 is 0. The minimum atomic E-state index is -1.07. The monoisotopic (exact) mass is 281 g/mol. The molecule has 2 rings (SSSR count). The molecule has 106 valence electrons. The number of halogens is 3. The van der Waals surface area contributed by atoms with E-state index in [1.54, 1.807) is 0 Å². The van der Waals surface area contributed by atoms with E-state index in [2.05, 4.69) is 0 Å². The Balaban J connectivity index is 2.33. The first-order valence-electron chi connectivity index (χ1n) is 6.11. The summed E-state index contributed by atoms with van der Waals surface area (Å²) in [6.45, 7) is 0.00143. The Morgan fingerprint density at radius 2 is 1.40 bits per heavy atom. The van der Waals surface area contributed by atoms with Crippen LogP contribution >= 0.6 is 0 Å². The second-order valence-corrected chi connectivity index (χ2v) is 4.54. The zero-order valence-corrected chi connectivity index (χ0v) is 10.6. The Morgan fingerprint density at radius 1 is 0.850 bits per heavy atom. The lowest BCUT2D eigenvalue weighted by Crippen LogP contribution is -2.20. The van der Waals surface area contributed by atoms with Gasteiger partial charge in [-0.2, -0.15) is 0 Å². The lowest BCUT2D eigenvalue weighted by Gasteiger charge is -2.22. The normalized spacial score (nSPS) is 14.1. The number of aliphatic hydroxyl groups is 1. The fourth-order valence-corrected chi connectivity index (χ4v) is 2.13. The van der Waals surface area contributed by atoms with Crippen LogP contribution in [0.2, 0.25) is 0 Å². The van der Waals surface area contributed by atoms with Gasteiger partial charge >= 0.3 is 0 Å². The van der Waals surface area contributed by atoms with Gasteiger partial charge in [-0.1, -0.05) is 12.1 Å². The first-order chi connectivity index (χ1) is 9.51. The summed E-state index contributed by atoms with van der Waals surface area (Å²) in [5.74, 6) is -2.57. The van der Waals surface area contributed by atoms with Gasteiger partial charge in [0.05, 0.1) is 6.10 Å². The van der Waals surface area contributed by atoms with Crippen molar-refractivity contribution in [2.45, 2.75) is 12.0 Å². The predicted molar refractivity (Wildman–Crippen MR) is 69.5 cm³/mol. The highest BCUT2D eigenvalue weighted by Crippen LogP contribution is 2.31. The molecule has 0 aliphatic heterocycles. The lowest BCUT2D eigenvalue weighted by molar-refractivity contribution is 0.147. The van der Waals surface area contributed by atoms with Crippen molar-refractivity contribution in [2.75, 3.05) is 6.54 Å². The van der Waals surface area contributed by atoms with Crippen LogP contribution in [0.1, 0.15) is 23.1 Å². The molecule has 3 N–H and O–H groups in total. The number of benzene rings is 2. The molecule has 0 saturated carbocycles. The summed E-state index contributed by atoms with van der Waals surface area (Å²) in [4.78, 5) is 0. The van der Waals surface area contributed by atoms with Gasteiger partial charge in [-0.3, -0.25) is 0 Å². The molecule has 0 aliphatic carbocycles. The van der Waals surface area contributed by atoms with E-state index in [1.165, 1.54) is 24.3 Å². The third kappa shape index (κ3) is 3.18. The maximum absolute atomic E-state index is 13.2. The third-order valence-electron chi connectivity index (χ3n) is 3.16. The van der Waals surface area contributed by atoms with Crippen LogP contribution in [0.3, 0.4) is 0 Å². The molecule has 5 heteroatoms. The summed E-state index contributed by atoms with van der Waals surface area (Å²) in [6, 6.07) is 8.26. The summed E-state index contributed by atoms with van der Waals surface area (Å²) in [6.07, 6.45) is -1.07. The summed E-state index contributed by atoms with van der Waals surface area (Å²) in [5, 5.41) is 10.3. The van der Waals surface area contributed by atoms with Gasteiger partial charge in [0.25, 0.3) is 0 Å². The van der Waals surface area contributed by atoms with Crippen molar-refractivity contribution in [3.63, 3.8) is 0 Å². The van der Waals surface area contributed by atoms with Gasteiger partial charge in [0.1, 0.15) is 17.5 Å². The fraction of sp³-hybridized carbons (Fsp3) is 0.200. The molecule has 2 nitrogen and oxygen atoms in total. The molecular weight excluding hydrogens is 267 g/mol. The largest absolute Gasteiger partial charge is 0.388 e. The average Bonchev–Trinajstić information content (AvgIpc) is 2.39. The summed E-state index contributed by atoms with van der Waals surface area (Å²) in [7, 11) is 0. The van der Waals surface area contributed by atoms with Gasteiger partial charge in [-0.25, -0.2) is 13.2 Å². The van der Waals surface area contributed by atoms with E-state index in [1.807, 2.05) is 0 Å². The van der Waals surface area contributed by atoms with Crippen molar-refractivity contribution in [1.82, 2.24) is 0 Å². The number of hydrogen-bond donors (Lipinski definition) is 2. The topological polar surface area (TPSA) is 46.2 Å². The van der Waals surface area contributed by atoms with E-state index in [-0.39, 0.29) is 12.1 Å². The smallest absolute Gasteiger partial charge is 0.126 e. The quantitative estimate of drug-likeness (QED) is 0.905. The Hall–Kier alpha value is -1.85. The van der Waals surface area contributed by atoms with Crippen molar-refractivity contribution in [3.05, 3.63) is 71.0 Å². The van der Waals surface area contributed by atoms with Gasteiger partial charge in [0, 0.05) is 18.5 Å². The minimum absolute atomic E-state index is 0.00143. The van der Waals surface area contributed by atoms with Crippen LogP contribution < -0.4 is 5.73 Å². The first kappa shape index (κ1) is 14.6. The van der Waals surface area contributed by atoms with Crippen LogP contribution in [-0.2, 0) is 0 Å². The maximum atomic E-state index is 13.2. The fourth-order valence-electron chi connectivity index (χ4n) is 2.13. The minimum Gasteiger partial charge on any atom is -0.388 e.